The van der Waals surface area contributed by atoms with Gasteiger partial charge in [0.1, 0.15) is 0 Å². The first-order chi connectivity index (χ1) is 12.2. The van der Waals surface area contributed by atoms with E-state index in [1.54, 1.807) is 0 Å². The summed E-state index contributed by atoms with van der Waals surface area (Å²) in [5.74, 6) is 0. The summed E-state index contributed by atoms with van der Waals surface area (Å²) in [6.45, 7) is 1.47. The van der Waals surface area contributed by atoms with Crippen LogP contribution in [-0.2, 0) is 11.2 Å². The van der Waals surface area contributed by atoms with Crippen LogP contribution in [0.2, 0.25) is 0 Å². The predicted molar refractivity (Wildman–Crippen MR) is 94.0 cm³/mol. The number of ether oxygens (including phenoxy) is 2. The van der Waals surface area contributed by atoms with E-state index in [9.17, 15) is 4.79 Å². The zero-order valence-electron chi connectivity index (χ0n) is 13.9. The Morgan fingerprint density at radius 2 is 2.12 bits per heavy atom. The fourth-order valence-corrected chi connectivity index (χ4v) is 4.43. The van der Waals surface area contributed by atoms with Crippen molar-refractivity contribution < 1.29 is 14.3 Å². The van der Waals surface area contributed by atoms with Crippen LogP contribution in [0.25, 0.3) is 0 Å². The van der Waals surface area contributed by atoms with Crippen molar-refractivity contribution in [1.82, 2.24) is 15.5 Å². The molecule has 1 aromatic carbocycles. The Bertz CT molecular complexity index is 773. The molecule has 4 rings (SSSR count). The first-order valence-corrected chi connectivity index (χ1v) is 9.12. The minimum absolute atomic E-state index is 0.0255. The minimum atomic E-state index is -0.272. The summed E-state index contributed by atoms with van der Waals surface area (Å²) in [7, 11) is 1.52. The molecule has 1 aliphatic carbocycles. The molecular weight excluding hydrogens is 340 g/mol. The molecule has 1 unspecified atom stereocenters. The van der Waals surface area contributed by atoms with Crippen LogP contribution in [-0.4, -0.2) is 36.6 Å². The van der Waals surface area contributed by atoms with Crippen LogP contribution >= 0.6 is 11.3 Å². The summed E-state index contributed by atoms with van der Waals surface area (Å²) in [6, 6.07) is 8.05. The van der Waals surface area contributed by atoms with Gasteiger partial charge in [0.05, 0.1) is 13.2 Å². The van der Waals surface area contributed by atoms with E-state index in [0.29, 0.717) is 10.3 Å². The lowest BCUT2D eigenvalue weighted by atomic mass is 9.74. The molecule has 2 aliphatic rings. The highest BCUT2D eigenvalue weighted by Gasteiger charge is 2.47. The summed E-state index contributed by atoms with van der Waals surface area (Å²) in [5, 5.41) is 14.5. The third kappa shape index (κ3) is 3.07. The second kappa shape index (κ2) is 6.61. The molecular formula is C17H20N4O3S. The zero-order chi connectivity index (χ0) is 17.3. The second-order valence-electron chi connectivity index (χ2n) is 6.46. The molecule has 0 radical (unpaired) electrons. The second-order valence-corrected chi connectivity index (χ2v) is 7.40. The highest BCUT2D eigenvalue weighted by atomic mass is 32.1. The van der Waals surface area contributed by atoms with Gasteiger partial charge in [0, 0.05) is 18.6 Å². The Kier molecular flexibility index (Phi) is 4.30. The Hall–Kier alpha value is -2.19. The van der Waals surface area contributed by atoms with Gasteiger partial charge in [-0.2, -0.15) is 0 Å². The molecule has 2 N–H and O–H groups in total. The van der Waals surface area contributed by atoms with Crippen molar-refractivity contribution in [3.63, 3.8) is 0 Å². The minimum Gasteiger partial charge on any atom is -0.472 e. The third-order valence-electron chi connectivity index (χ3n) is 5.09. The van der Waals surface area contributed by atoms with Crippen molar-refractivity contribution in [3.05, 3.63) is 35.4 Å². The van der Waals surface area contributed by atoms with E-state index >= 15 is 0 Å². The molecule has 1 aromatic heterocycles. The van der Waals surface area contributed by atoms with E-state index in [4.69, 9.17) is 9.47 Å². The standard InChI is InChI=1S/C17H20N4O3S/c1-23-16-21-20-15(25-16)19-14(22)18-13-12-5-3-2-4-11(12)10-17(13)6-8-24-9-7-17/h2-5,13H,6-10H2,1H3,(H2,18,19,20,22). The van der Waals surface area contributed by atoms with E-state index in [2.05, 4.69) is 39.0 Å². The van der Waals surface area contributed by atoms with Crippen LogP contribution in [0.15, 0.2) is 24.3 Å². The first-order valence-electron chi connectivity index (χ1n) is 8.31. The maximum atomic E-state index is 12.5. The predicted octanol–water partition coefficient (Wildman–Crippen LogP) is 2.76. The molecule has 1 aliphatic heterocycles. The van der Waals surface area contributed by atoms with E-state index in [1.165, 1.54) is 29.6 Å². The molecule has 25 heavy (non-hydrogen) atoms. The smallest absolute Gasteiger partial charge is 0.321 e. The van der Waals surface area contributed by atoms with Gasteiger partial charge in [-0.3, -0.25) is 5.32 Å². The zero-order valence-corrected chi connectivity index (χ0v) is 14.8. The Labute approximate surface area is 149 Å². The lowest BCUT2D eigenvalue weighted by Crippen LogP contribution is -2.43. The molecule has 2 amide bonds. The molecule has 0 bridgehead atoms. The number of hydrogen-bond acceptors (Lipinski definition) is 6. The SMILES string of the molecule is COc1nnc(NC(=O)NC2c3ccccc3CC23CCOCC3)s1. The van der Waals surface area contributed by atoms with Gasteiger partial charge in [-0.1, -0.05) is 29.4 Å². The van der Waals surface area contributed by atoms with Gasteiger partial charge in [-0.25, -0.2) is 4.79 Å². The van der Waals surface area contributed by atoms with Crippen molar-refractivity contribution in [2.75, 3.05) is 25.6 Å². The highest BCUT2D eigenvalue weighted by molar-refractivity contribution is 7.17. The quantitative estimate of drug-likeness (QED) is 0.879. The maximum Gasteiger partial charge on any atom is 0.321 e. The molecule has 1 atom stereocenters. The summed E-state index contributed by atoms with van der Waals surface area (Å²) in [6.07, 6.45) is 2.86. The number of fused-ring (bicyclic) bond motifs is 1. The van der Waals surface area contributed by atoms with Crippen LogP contribution in [0.1, 0.15) is 30.0 Å². The summed E-state index contributed by atoms with van der Waals surface area (Å²) in [4.78, 5) is 12.5. The number of carbonyl (C=O) groups is 1. The molecule has 2 aromatic rings. The van der Waals surface area contributed by atoms with Gasteiger partial charge in [0.15, 0.2) is 0 Å². The number of urea groups is 1. The van der Waals surface area contributed by atoms with Crippen molar-refractivity contribution in [1.29, 1.82) is 0 Å². The number of nitrogens with one attached hydrogen (secondary N) is 2. The number of hydrogen-bond donors (Lipinski definition) is 2. The molecule has 2 heterocycles. The molecule has 0 saturated carbocycles. The highest BCUT2D eigenvalue weighted by Crippen LogP contribution is 2.51. The van der Waals surface area contributed by atoms with Crippen LogP contribution < -0.4 is 15.4 Å². The van der Waals surface area contributed by atoms with E-state index in [1.807, 2.05) is 6.07 Å². The number of nitrogens with zero attached hydrogens (tertiary/aromatic N) is 2. The number of benzene rings is 1. The fraction of sp³-hybridized carbons (Fsp3) is 0.471. The summed E-state index contributed by atoms with van der Waals surface area (Å²) >= 11 is 1.20. The van der Waals surface area contributed by atoms with Gasteiger partial charge in [0.25, 0.3) is 5.19 Å². The van der Waals surface area contributed by atoms with E-state index in [-0.39, 0.29) is 17.5 Å². The maximum absolute atomic E-state index is 12.5. The van der Waals surface area contributed by atoms with Crippen LogP contribution in [0.3, 0.4) is 0 Å². The van der Waals surface area contributed by atoms with Crippen molar-refractivity contribution >= 4 is 22.5 Å². The lowest BCUT2D eigenvalue weighted by molar-refractivity contribution is 0.00245. The van der Waals surface area contributed by atoms with Gasteiger partial charge in [-0.05, 0) is 41.7 Å². The molecule has 132 valence electrons. The number of rotatable bonds is 3. The van der Waals surface area contributed by atoms with E-state index in [0.717, 1.165) is 32.5 Å². The topological polar surface area (TPSA) is 85.4 Å². The van der Waals surface area contributed by atoms with Crippen molar-refractivity contribution in [2.45, 2.75) is 25.3 Å². The normalized spacial score (nSPS) is 20.9. The number of aromatic nitrogens is 2. The largest absolute Gasteiger partial charge is 0.472 e. The Morgan fingerprint density at radius 1 is 1.32 bits per heavy atom. The third-order valence-corrected chi connectivity index (χ3v) is 5.89. The van der Waals surface area contributed by atoms with Gasteiger partial charge in [-0.15, -0.1) is 5.10 Å². The number of carbonyl (C=O) groups excluding carboxylic acids is 1. The molecule has 8 heteroatoms. The number of amides is 2. The molecule has 1 fully saturated rings. The first kappa shape index (κ1) is 16.3. The summed E-state index contributed by atoms with van der Waals surface area (Å²) in [5.41, 5.74) is 2.54. The monoisotopic (exact) mass is 360 g/mol. The average Bonchev–Trinajstić information content (AvgIpc) is 3.19. The van der Waals surface area contributed by atoms with E-state index < -0.39 is 0 Å². The molecule has 1 saturated heterocycles. The van der Waals surface area contributed by atoms with Gasteiger partial charge < -0.3 is 14.8 Å². The average molecular weight is 360 g/mol. The number of methoxy groups -OCH3 is 1. The van der Waals surface area contributed by atoms with Gasteiger partial charge >= 0.3 is 6.03 Å². The fourth-order valence-electron chi connectivity index (χ4n) is 3.87. The van der Waals surface area contributed by atoms with Crippen LogP contribution in [0, 0.1) is 5.41 Å². The summed E-state index contributed by atoms with van der Waals surface area (Å²) < 4.78 is 10.6. The lowest BCUT2D eigenvalue weighted by Gasteiger charge is -2.39. The number of anilines is 1. The van der Waals surface area contributed by atoms with Crippen LogP contribution in [0.4, 0.5) is 9.93 Å². The van der Waals surface area contributed by atoms with Crippen molar-refractivity contribution in [3.8, 4) is 5.19 Å². The Balaban J connectivity index is 1.54. The van der Waals surface area contributed by atoms with Gasteiger partial charge in [0.2, 0.25) is 5.13 Å². The molecule has 7 nitrogen and oxygen atoms in total. The Morgan fingerprint density at radius 3 is 2.88 bits per heavy atom. The van der Waals surface area contributed by atoms with Crippen molar-refractivity contribution in [2.24, 2.45) is 5.41 Å². The van der Waals surface area contributed by atoms with Crippen LogP contribution in [0.5, 0.6) is 5.19 Å². The molecule has 1 spiro atoms.